The first kappa shape index (κ1) is 18.3. The van der Waals surface area contributed by atoms with E-state index in [1.54, 1.807) is 12.3 Å². The minimum atomic E-state index is -0.859. The number of hydrogen-bond acceptors (Lipinski definition) is 6. The number of anilines is 2. The summed E-state index contributed by atoms with van der Waals surface area (Å²) in [7, 11) is 0. The fourth-order valence-electron chi connectivity index (χ4n) is 2.52. The molecule has 138 valence electrons. The average molecular weight is 363 g/mol. The predicted octanol–water partition coefficient (Wildman–Crippen LogP) is 3.08. The zero-order chi connectivity index (χ0) is 18.9. The van der Waals surface area contributed by atoms with Gasteiger partial charge < -0.3 is 15.7 Å². The largest absolute Gasteiger partial charge is 0.481 e. The summed E-state index contributed by atoms with van der Waals surface area (Å²) in [6.07, 6.45) is 2.57. The number of benzene rings is 1. The Balaban J connectivity index is 1.73. The molecule has 1 aromatic carbocycles. The molecule has 0 aliphatic heterocycles. The van der Waals surface area contributed by atoms with Crippen molar-refractivity contribution < 1.29 is 9.90 Å². The molecule has 3 rings (SSSR count). The smallest absolute Gasteiger partial charge is 0.305 e. The van der Waals surface area contributed by atoms with Crippen LogP contribution in [0, 0.1) is 0 Å². The second-order valence-corrected chi connectivity index (χ2v) is 5.91. The standard InChI is InChI=1S/C20H21N5O2/c26-19(27)10-13-23-18-14-17(22-12-9-15-6-2-1-3-7-15)24-20(25-18)16-8-4-5-11-21-16/h1-8,11,14H,9-10,12-13H2,(H,26,27)(H2,22,23,24,25). The third-order valence-electron chi connectivity index (χ3n) is 3.83. The van der Waals surface area contributed by atoms with Crippen LogP contribution in [-0.2, 0) is 11.2 Å². The Kier molecular flexibility index (Phi) is 6.30. The van der Waals surface area contributed by atoms with Gasteiger partial charge in [0.2, 0.25) is 0 Å². The maximum absolute atomic E-state index is 10.7. The van der Waals surface area contributed by atoms with E-state index in [1.807, 2.05) is 36.4 Å². The summed E-state index contributed by atoms with van der Waals surface area (Å²) in [5, 5.41) is 15.2. The van der Waals surface area contributed by atoms with Crippen LogP contribution >= 0.6 is 0 Å². The van der Waals surface area contributed by atoms with E-state index in [9.17, 15) is 4.79 Å². The minimum Gasteiger partial charge on any atom is -0.481 e. The highest BCUT2D eigenvalue weighted by molar-refractivity contribution is 5.67. The highest BCUT2D eigenvalue weighted by Gasteiger charge is 2.08. The van der Waals surface area contributed by atoms with Crippen molar-refractivity contribution in [3.05, 3.63) is 66.4 Å². The molecular weight excluding hydrogens is 342 g/mol. The number of aliphatic carboxylic acids is 1. The van der Waals surface area contributed by atoms with Crippen molar-refractivity contribution >= 4 is 17.6 Å². The van der Waals surface area contributed by atoms with Crippen molar-refractivity contribution in [2.24, 2.45) is 0 Å². The zero-order valence-electron chi connectivity index (χ0n) is 14.8. The van der Waals surface area contributed by atoms with Crippen LogP contribution in [0.15, 0.2) is 60.8 Å². The molecule has 27 heavy (non-hydrogen) atoms. The van der Waals surface area contributed by atoms with Gasteiger partial charge in [0.15, 0.2) is 5.82 Å². The molecule has 0 bridgehead atoms. The quantitative estimate of drug-likeness (QED) is 0.537. The van der Waals surface area contributed by atoms with Crippen LogP contribution in [0.1, 0.15) is 12.0 Å². The Morgan fingerprint density at radius 1 is 0.926 bits per heavy atom. The first-order chi connectivity index (χ1) is 13.2. The Bertz CT molecular complexity index is 872. The molecule has 7 heteroatoms. The molecule has 0 unspecified atom stereocenters. The molecule has 2 heterocycles. The lowest BCUT2D eigenvalue weighted by Gasteiger charge is -2.11. The molecule has 0 amide bonds. The van der Waals surface area contributed by atoms with E-state index in [1.165, 1.54) is 5.56 Å². The second-order valence-electron chi connectivity index (χ2n) is 5.91. The molecule has 0 saturated heterocycles. The van der Waals surface area contributed by atoms with Crippen molar-refractivity contribution in [2.75, 3.05) is 23.7 Å². The van der Waals surface area contributed by atoms with Crippen molar-refractivity contribution in [1.82, 2.24) is 15.0 Å². The summed E-state index contributed by atoms with van der Waals surface area (Å²) >= 11 is 0. The number of carbonyl (C=O) groups is 1. The molecular formula is C20H21N5O2. The first-order valence-electron chi connectivity index (χ1n) is 8.74. The van der Waals surface area contributed by atoms with Crippen LogP contribution in [0.2, 0.25) is 0 Å². The number of hydrogen-bond donors (Lipinski definition) is 3. The van der Waals surface area contributed by atoms with Gasteiger partial charge in [-0.25, -0.2) is 9.97 Å². The third-order valence-corrected chi connectivity index (χ3v) is 3.83. The molecule has 0 atom stereocenters. The Morgan fingerprint density at radius 2 is 1.63 bits per heavy atom. The van der Waals surface area contributed by atoms with Crippen LogP contribution in [0.3, 0.4) is 0 Å². The highest BCUT2D eigenvalue weighted by Crippen LogP contribution is 2.18. The lowest BCUT2D eigenvalue weighted by atomic mass is 10.1. The maximum atomic E-state index is 10.7. The van der Waals surface area contributed by atoms with Crippen molar-refractivity contribution in [3.8, 4) is 11.5 Å². The van der Waals surface area contributed by atoms with Crippen LogP contribution in [0.5, 0.6) is 0 Å². The molecule has 0 spiro atoms. The van der Waals surface area contributed by atoms with E-state index in [0.29, 0.717) is 23.2 Å². The number of nitrogens with one attached hydrogen (secondary N) is 2. The monoisotopic (exact) mass is 363 g/mol. The molecule has 0 radical (unpaired) electrons. The normalized spacial score (nSPS) is 10.4. The van der Waals surface area contributed by atoms with Crippen molar-refractivity contribution in [3.63, 3.8) is 0 Å². The molecule has 2 aromatic heterocycles. The van der Waals surface area contributed by atoms with Crippen LogP contribution < -0.4 is 10.6 Å². The number of nitrogens with zero attached hydrogens (tertiary/aromatic N) is 3. The lowest BCUT2D eigenvalue weighted by Crippen LogP contribution is -2.12. The van der Waals surface area contributed by atoms with Crippen LogP contribution in [-0.4, -0.2) is 39.1 Å². The van der Waals surface area contributed by atoms with Gasteiger partial charge >= 0.3 is 5.97 Å². The molecule has 0 saturated carbocycles. The summed E-state index contributed by atoms with van der Waals surface area (Å²) < 4.78 is 0. The molecule has 0 aliphatic carbocycles. The van der Waals surface area contributed by atoms with E-state index >= 15 is 0 Å². The summed E-state index contributed by atoms with van der Waals surface area (Å²) in [4.78, 5) is 24.0. The summed E-state index contributed by atoms with van der Waals surface area (Å²) in [6, 6.07) is 17.5. The molecule has 0 fully saturated rings. The van der Waals surface area contributed by atoms with Gasteiger partial charge in [0.25, 0.3) is 0 Å². The van der Waals surface area contributed by atoms with E-state index in [2.05, 4.69) is 37.7 Å². The van der Waals surface area contributed by atoms with E-state index < -0.39 is 5.97 Å². The summed E-state index contributed by atoms with van der Waals surface area (Å²) in [5.41, 5.74) is 1.90. The Hall–Kier alpha value is -3.48. The molecule has 7 nitrogen and oxygen atoms in total. The number of carboxylic acids is 1. The predicted molar refractivity (Wildman–Crippen MR) is 105 cm³/mol. The van der Waals surface area contributed by atoms with Gasteiger partial charge in [0.1, 0.15) is 17.3 Å². The van der Waals surface area contributed by atoms with Gasteiger partial charge in [-0.05, 0) is 24.1 Å². The number of rotatable bonds is 9. The third kappa shape index (κ3) is 5.78. The first-order valence-corrected chi connectivity index (χ1v) is 8.74. The van der Waals surface area contributed by atoms with Gasteiger partial charge in [-0.15, -0.1) is 0 Å². The van der Waals surface area contributed by atoms with Crippen molar-refractivity contribution in [2.45, 2.75) is 12.8 Å². The second kappa shape index (κ2) is 9.28. The van der Waals surface area contributed by atoms with Crippen LogP contribution in [0.25, 0.3) is 11.5 Å². The fourth-order valence-corrected chi connectivity index (χ4v) is 2.52. The van der Waals surface area contributed by atoms with Gasteiger partial charge in [-0.3, -0.25) is 9.78 Å². The maximum Gasteiger partial charge on any atom is 0.305 e. The fraction of sp³-hybridized carbons (Fsp3) is 0.200. The van der Waals surface area contributed by atoms with Crippen LogP contribution in [0.4, 0.5) is 11.6 Å². The van der Waals surface area contributed by atoms with E-state index in [-0.39, 0.29) is 13.0 Å². The minimum absolute atomic E-state index is 0.0136. The van der Waals surface area contributed by atoms with E-state index in [0.717, 1.165) is 13.0 Å². The summed E-state index contributed by atoms with van der Waals surface area (Å²) in [5.74, 6) is 0.856. The number of carboxylic acid groups (broad SMARTS) is 1. The average Bonchev–Trinajstić information content (AvgIpc) is 2.69. The Morgan fingerprint density at radius 3 is 2.30 bits per heavy atom. The zero-order valence-corrected chi connectivity index (χ0v) is 14.8. The van der Waals surface area contributed by atoms with Gasteiger partial charge in [0.05, 0.1) is 6.42 Å². The summed E-state index contributed by atoms with van der Waals surface area (Å²) in [6.45, 7) is 1.01. The Labute approximate surface area is 157 Å². The van der Waals surface area contributed by atoms with Crippen molar-refractivity contribution in [1.29, 1.82) is 0 Å². The molecule has 3 N–H and O–H groups in total. The van der Waals surface area contributed by atoms with Gasteiger partial charge in [-0.2, -0.15) is 0 Å². The lowest BCUT2D eigenvalue weighted by molar-refractivity contribution is -0.136. The molecule has 0 aliphatic rings. The van der Waals surface area contributed by atoms with Gasteiger partial charge in [-0.1, -0.05) is 36.4 Å². The topological polar surface area (TPSA) is 100 Å². The number of pyridine rings is 1. The van der Waals surface area contributed by atoms with Gasteiger partial charge in [0, 0.05) is 25.4 Å². The van der Waals surface area contributed by atoms with E-state index in [4.69, 9.17) is 5.11 Å². The molecule has 3 aromatic rings. The highest BCUT2D eigenvalue weighted by atomic mass is 16.4. The number of aromatic nitrogens is 3. The SMILES string of the molecule is O=C(O)CCNc1cc(NCCc2ccccc2)nc(-c2ccccn2)n1.